The predicted octanol–water partition coefficient (Wildman–Crippen LogP) is -1.19. The highest BCUT2D eigenvalue weighted by Gasteiger charge is 2.33. The monoisotopic (exact) mass is 253 g/mol. The van der Waals surface area contributed by atoms with Crippen molar-refractivity contribution in [2.24, 2.45) is 5.73 Å². The van der Waals surface area contributed by atoms with E-state index in [4.69, 9.17) is 10.8 Å². The minimum atomic E-state index is -0.956. The van der Waals surface area contributed by atoms with Crippen LogP contribution in [0.2, 0.25) is 0 Å². The van der Waals surface area contributed by atoms with Crippen LogP contribution in [0.3, 0.4) is 0 Å². The van der Waals surface area contributed by atoms with E-state index >= 15 is 0 Å². The lowest BCUT2D eigenvalue weighted by molar-refractivity contribution is -0.148. The van der Waals surface area contributed by atoms with Crippen LogP contribution in [-0.4, -0.2) is 49.5 Å². The second-order valence-corrected chi connectivity index (χ2v) is 4.19. The smallest absolute Gasteiger partial charge is 0.326 e. The summed E-state index contributed by atoms with van der Waals surface area (Å²) in [7, 11) is 0. The van der Waals surface area contributed by atoms with Crippen molar-refractivity contribution in [1.29, 1.82) is 0 Å². The zero-order valence-electron chi connectivity index (χ0n) is 9.82. The van der Waals surface area contributed by atoms with Crippen LogP contribution in [-0.2, 0) is 22.7 Å². The van der Waals surface area contributed by atoms with Gasteiger partial charge in [-0.3, -0.25) is 4.79 Å². The fraction of sp³-hybridized carbons (Fsp3) is 0.600. The number of hydrogen-bond acceptors (Lipinski definition) is 5. The van der Waals surface area contributed by atoms with Gasteiger partial charge in [-0.05, 0) is 12.8 Å². The molecule has 8 heteroatoms. The van der Waals surface area contributed by atoms with E-state index in [0.717, 1.165) is 0 Å². The molecule has 1 aliphatic heterocycles. The maximum atomic E-state index is 12.0. The van der Waals surface area contributed by atoms with Crippen LogP contribution in [0.5, 0.6) is 0 Å². The molecular formula is C10H15N5O3. The van der Waals surface area contributed by atoms with E-state index in [1.54, 1.807) is 6.20 Å². The molecule has 1 saturated heterocycles. The summed E-state index contributed by atoms with van der Waals surface area (Å²) in [5.41, 5.74) is 5.99. The Bertz CT molecular complexity index is 458. The molecule has 1 aromatic heterocycles. The molecule has 8 nitrogen and oxygen atoms in total. The van der Waals surface area contributed by atoms with Crippen molar-refractivity contribution in [3.63, 3.8) is 0 Å². The zero-order valence-corrected chi connectivity index (χ0v) is 9.82. The number of nitrogens with zero attached hydrogens (tertiary/aromatic N) is 4. The number of aliphatic carboxylic acids is 1. The quantitative estimate of drug-likeness (QED) is 0.697. The summed E-state index contributed by atoms with van der Waals surface area (Å²) < 4.78 is 1.38. The van der Waals surface area contributed by atoms with E-state index < -0.39 is 12.0 Å². The van der Waals surface area contributed by atoms with Crippen molar-refractivity contribution in [2.75, 3.05) is 6.54 Å². The number of carboxylic acids is 1. The van der Waals surface area contributed by atoms with Crippen LogP contribution in [0.4, 0.5) is 0 Å². The highest BCUT2D eigenvalue weighted by atomic mass is 16.4. The van der Waals surface area contributed by atoms with Gasteiger partial charge in [-0.15, -0.1) is 5.10 Å². The Kier molecular flexibility index (Phi) is 3.56. The lowest BCUT2D eigenvalue weighted by atomic mass is 10.2. The molecular weight excluding hydrogens is 238 g/mol. The molecule has 0 bridgehead atoms. The van der Waals surface area contributed by atoms with E-state index in [2.05, 4.69) is 10.3 Å². The van der Waals surface area contributed by atoms with E-state index in [1.165, 1.54) is 9.58 Å². The first kappa shape index (κ1) is 12.5. The van der Waals surface area contributed by atoms with Crippen molar-refractivity contribution < 1.29 is 14.7 Å². The van der Waals surface area contributed by atoms with Gasteiger partial charge in [0.1, 0.15) is 12.6 Å². The Morgan fingerprint density at radius 2 is 2.33 bits per heavy atom. The van der Waals surface area contributed by atoms with E-state index in [9.17, 15) is 9.59 Å². The van der Waals surface area contributed by atoms with Gasteiger partial charge in [0.25, 0.3) is 0 Å². The number of amides is 1. The third-order valence-corrected chi connectivity index (χ3v) is 2.95. The van der Waals surface area contributed by atoms with Gasteiger partial charge in [0, 0.05) is 13.1 Å². The highest BCUT2D eigenvalue weighted by molar-refractivity contribution is 5.84. The number of hydrogen-bond donors (Lipinski definition) is 2. The number of rotatable bonds is 4. The van der Waals surface area contributed by atoms with Crippen molar-refractivity contribution in [1.82, 2.24) is 19.9 Å². The molecule has 2 rings (SSSR count). The van der Waals surface area contributed by atoms with Crippen LogP contribution in [0.15, 0.2) is 6.20 Å². The summed E-state index contributed by atoms with van der Waals surface area (Å²) in [6.07, 6.45) is 2.81. The Labute approximate surface area is 103 Å². The maximum Gasteiger partial charge on any atom is 0.326 e. The third kappa shape index (κ3) is 2.48. The first-order valence-corrected chi connectivity index (χ1v) is 5.73. The molecule has 98 valence electrons. The van der Waals surface area contributed by atoms with Crippen LogP contribution in [0.1, 0.15) is 18.5 Å². The summed E-state index contributed by atoms with van der Waals surface area (Å²) >= 11 is 0. The average Bonchev–Trinajstić information content (AvgIpc) is 2.96. The Balaban J connectivity index is 2.01. The van der Waals surface area contributed by atoms with Crippen LogP contribution in [0.25, 0.3) is 0 Å². The predicted molar refractivity (Wildman–Crippen MR) is 60.3 cm³/mol. The number of carbonyl (C=O) groups is 2. The third-order valence-electron chi connectivity index (χ3n) is 2.95. The van der Waals surface area contributed by atoms with E-state index in [-0.39, 0.29) is 19.0 Å². The fourth-order valence-electron chi connectivity index (χ4n) is 2.06. The Morgan fingerprint density at radius 1 is 1.56 bits per heavy atom. The van der Waals surface area contributed by atoms with Gasteiger partial charge in [0.05, 0.1) is 11.9 Å². The topological polar surface area (TPSA) is 114 Å². The lowest BCUT2D eigenvalue weighted by Gasteiger charge is -2.21. The molecule has 1 atom stereocenters. The molecule has 1 fully saturated rings. The molecule has 3 N–H and O–H groups in total. The molecule has 2 heterocycles. The number of carbonyl (C=O) groups excluding carboxylic acids is 1. The van der Waals surface area contributed by atoms with Gasteiger partial charge in [0.2, 0.25) is 5.91 Å². The molecule has 0 aliphatic carbocycles. The Morgan fingerprint density at radius 3 is 2.94 bits per heavy atom. The van der Waals surface area contributed by atoms with E-state index in [0.29, 0.717) is 25.1 Å². The van der Waals surface area contributed by atoms with Crippen molar-refractivity contribution in [3.8, 4) is 0 Å². The normalized spacial score (nSPS) is 19.2. The van der Waals surface area contributed by atoms with Crippen LogP contribution < -0.4 is 5.73 Å². The molecule has 1 amide bonds. The molecule has 1 aromatic rings. The molecule has 0 saturated carbocycles. The average molecular weight is 253 g/mol. The van der Waals surface area contributed by atoms with Gasteiger partial charge in [-0.2, -0.15) is 0 Å². The second-order valence-electron chi connectivity index (χ2n) is 4.19. The largest absolute Gasteiger partial charge is 0.480 e. The maximum absolute atomic E-state index is 12.0. The van der Waals surface area contributed by atoms with Crippen molar-refractivity contribution in [2.45, 2.75) is 32.0 Å². The van der Waals surface area contributed by atoms with Crippen LogP contribution >= 0.6 is 0 Å². The summed E-state index contributed by atoms with van der Waals surface area (Å²) in [6, 6.07) is -0.713. The van der Waals surface area contributed by atoms with Gasteiger partial charge in [-0.1, -0.05) is 5.21 Å². The number of aromatic nitrogens is 3. The van der Waals surface area contributed by atoms with Crippen LogP contribution in [0, 0.1) is 0 Å². The van der Waals surface area contributed by atoms with Gasteiger partial charge >= 0.3 is 5.97 Å². The first-order valence-electron chi connectivity index (χ1n) is 5.73. The minimum absolute atomic E-state index is 0.00319. The molecule has 18 heavy (non-hydrogen) atoms. The number of likely N-dealkylation sites (tertiary alicyclic amines) is 1. The van der Waals surface area contributed by atoms with Gasteiger partial charge in [0.15, 0.2) is 0 Å². The molecule has 0 spiro atoms. The first-order chi connectivity index (χ1) is 8.61. The number of carboxylic acid groups (broad SMARTS) is 1. The molecule has 0 unspecified atom stereocenters. The highest BCUT2D eigenvalue weighted by Crippen LogP contribution is 2.17. The van der Waals surface area contributed by atoms with Crippen molar-refractivity contribution in [3.05, 3.63) is 11.9 Å². The molecule has 0 aromatic carbocycles. The summed E-state index contributed by atoms with van der Waals surface area (Å²) in [5, 5.41) is 16.5. The fourth-order valence-corrected chi connectivity index (χ4v) is 2.06. The van der Waals surface area contributed by atoms with Crippen molar-refractivity contribution >= 4 is 11.9 Å². The SMILES string of the molecule is NCc1cn(CC(=O)N2CCC[C@H]2C(=O)O)nn1. The zero-order chi connectivity index (χ0) is 13.1. The summed E-state index contributed by atoms with van der Waals surface area (Å²) in [5.74, 6) is -1.21. The Hall–Kier alpha value is -1.96. The molecule has 0 radical (unpaired) electrons. The minimum Gasteiger partial charge on any atom is -0.480 e. The van der Waals surface area contributed by atoms with Gasteiger partial charge < -0.3 is 15.7 Å². The summed E-state index contributed by atoms with van der Waals surface area (Å²) in [4.78, 5) is 24.3. The summed E-state index contributed by atoms with van der Waals surface area (Å²) in [6.45, 7) is 0.737. The molecule has 1 aliphatic rings. The number of nitrogens with two attached hydrogens (primary N) is 1. The lowest BCUT2D eigenvalue weighted by Crippen LogP contribution is -2.42. The standard InChI is InChI=1S/C10H15N5O3/c11-4-7-5-14(13-12-7)6-9(16)15-3-1-2-8(15)10(17)18/h5,8H,1-4,6,11H2,(H,17,18)/t8-/m0/s1. The second kappa shape index (κ2) is 5.13. The van der Waals surface area contributed by atoms with Gasteiger partial charge in [-0.25, -0.2) is 9.48 Å². The van der Waals surface area contributed by atoms with E-state index in [1.807, 2.05) is 0 Å².